The Hall–Kier alpha value is -2.15. The van der Waals surface area contributed by atoms with Crippen molar-refractivity contribution >= 4 is 11.7 Å². The van der Waals surface area contributed by atoms with Crippen LogP contribution >= 0.6 is 0 Å². The van der Waals surface area contributed by atoms with E-state index < -0.39 is 16.5 Å². The molecule has 3 atom stereocenters. The number of nitrogens with zero attached hydrogens (tertiary/aromatic N) is 1. The summed E-state index contributed by atoms with van der Waals surface area (Å²) in [6.07, 6.45) is 2.45. The zero-order chi connectivity index (χ0) is 15.2. The van der Waals surface area contributed by atoms with E-state index in [9.17, 15) is 20.0 Å². The van der Waals surface area contributed by atoms with Crippen LogP contribution in [0.1, 0.15) is 36.5 Å². The molecule has 112 valence electrons. The predicted molar refractivity (Wildman–Crippen MR) is 69.0 cm³/mol. The van der Waals surface area contributed by atoms with Crippen LogP contribution < -0.4 is 9.84 Å². The lowest BCUT2D eigenvalue weighted by atomic mass is 9.86. The van der Waals surface area contributed by atoms with Crippen LogP contribution in [0.3, 0.4) is 0 Å². The van der Waals surface area contributed by atoms with Crippen molar-refractivity contribution in [3.8, 4) is 5.75 Å². The molecular weight excluding hydrogens is 278 g/mol. The molecule has 3 unspecified atom stereocenters. The van der Waals surface area contributed by atoms with Crippen molar-refractivity contribution in [1.29, 1.82) is 0 Å². The molecule has 0 radical (unpaired) electrons. The molecule has 0 N–H and O–H groups in total. The molecule has 7 heteroatoms. The average Bonchev–Trinajstić information content (AvgIpc) is 2.97. The molecule has 21 heavy (non-hydrogen) atoms. The number of hydrogen-bond acceptors (Lipinski definition) is 6. The first-order valence-electron chi connectivity index (χ1n) is 6.73. The number of nitro benzene ring substituents is 1. The van der Waals surface area contributed by atoms with E-state index in [1.165, 1.54) is 0 Å². The normalized spacial score (nSPS) is 30.3. The Morgan fingerprint density at radius 3 is 2.76 bits per heavy atom. The summed E-state index contributed by atoms with van der Waals surface area (Å²) >= 11 is 0. The number of nitro groups is 1. The maximum Gasteiger partial charge on any atom is 0.310 e. The Morgan fingerprint density at radius 1 is 1.48 bits per heavy atom. The molecule has 2 aliphatic rings. The van der Waals surface area contributed by atoms with Gasteiger partial charge in [0.2, 0.25) is 0 Å². The van der Waals surface area contributed by atoms with Gasteiger partial charge in [-0.25, -0.2) is 0 Å². The number of benzene rings is 1. The maximum absolute atomic E-state index is 11.1. The minimum absolute atomic E-state index is 0.0552. The molecule has 1 aromatic rings. The van der Waals surface area contributed by atoms with E-state index in [1.807, 2.05) is 6.92 Å². The van der Waals surface area contributed by atoms with Gasteiger partial charge in [0, 0.05) is 18.1 Å². The summed E-state index contributed by atoms with van der Waals surface area (Å²) in [5, 5.41) is 22.0. The first kappa shape index (κ1) is 13.8. The lowest BCUT2D eigenvalue weighted by molar-refractivity contribution is -0.386. The monoisotopic (exact) mass is 292 g/mol. The highest BCUT2D eigenvalue weighted by Crippen LogP contribution is 2.45. The summed E-state index contributed by atoms with van der Waals surface area (Å²) in [5.41, 5.74) is -1.08. The molecule has 0 aromatic heterocycles. The van der Waals surface area contributed by atoms with Gasteiger partial charge in [-0.2, -0.15) is 0 Å². The third kappa shape index (κ3) is 2.33. The van der Waals surface area contributed by atoms with E-state index in [0.29, 0.717) is 6.42 Å². The highest BCUT2D eigenvalue weighted by molar-refractivity contribution is 5.87. The topological polar surface area (TPSA) is 102 Å². The summed E-state index contributed by atoms with van der Waals surface area (Å²) in [7, 11) is 0. The predicted octanol–water partition coefficient (Wildman–Crippen LogP) is 1.05. The number of carbonyl (C=O) groups is 1. The molecule has 0 amide bonds. The number of carboxylic acid groups (broad SMARTS) is 1. The van der Waals surface area contributed by atoms with Gasteiger partial charge < -0.3 is 19.4 Å². The summed E-state index contributed by atoms with van der Waals surface area (Å²) in [6, 6.07) is 3.41. The van der Waals surface area contributed by atoms with Gasteiger partial charge in [0.1, 0.15) is 5.60 Å². The molecule has 7 nitrogen and oxygen atoms in total. The number of hydrogen-bond donors (Lipinski definition) is 0. The van der Waals surface area contributed by atoms with Crippen LogP contribution in [-0.2, 0) is 4.74 Å². The molecule has 2 fully saturated rings. The fourth-order valence-corrected chi connectivity index (χ4v) is 3.12. The van der Waals surface area contributed by atoms with Crippen molar-refractivity contribution < 1.29 is 24.3 Å². The Balaban J connectivity index is 1.95. The van der Waals surface area contributed by atoms with Gasteiger partial charge in [-0.1, -0.05) is 0 Å². The number of carboxylic acids is 1. The third-order valence-corrected chi connectivity index (χ3v) is 4.16. The average molecular weight is 292 g/mol. The maximum atomic E-state index is 11.1. The van der Waals surface area contributed by atoms with Crippen molar-refractivity contribution in [2.24, 2.45) is 0 Å². The van der Waals surface area contributed by atoms with Gasteiger partial charge in [0.15, 0.2) is 5.75 Å². The minimum Gasteiger partial charge on any atom is -0.545 e. The molecular formula is C14H14NO6-. The fourth-order valence-electron chi connectivity index (χ4n) is 3.12. The van der Waals surface area contributed by atoms with E-state index in [0.717, 1.165) is 31.0 Å². The van der Waals surface area contributed by atoms with Crippen LogP contribution in [0, 0.1) is 10.1 Å². The Kier molecular flexibility index (Phi) is 3.09. The number of rotatable bonds is 4. The Bertz CT molecular complexity index is 615. The van der Waals surface area contributed by atoms with Crippen molar-refractivity contribution in [3.63, 3.8) is 0 Å². The molecule has 2 bridgehead atoms. The number of ether oxygens (including phenoxy) is 2. The first-order valence-corrected chi connectivity index (χ1v) is 6.73. The second kappa shape index (κ2) is 4.70. The lowest BCUT2D eigenvalue weighted by Crippen LogP contribution is -2.42. The summed E-state index contributed by atoms with van der Waals surface area (Å²) in [5.74, 6) is -1.45. The molecule has 2 heterocycles. The highest BCUT2D eigenvalue weighted by Gasteiger charge is 2.51. The van der Waals surface area contributed by atoms with Crippen LogP contribution in [0.5, 0.6) is 5.75 Å². The summed E-state index contributed by atoms with van der Waals surface area (Å²) in [4.78, 5) is 21.4. The first-order chi connectivity index (χ1) is 9.89. The molecule has 2 saturated heterocycles. The lowest BCUT2D eigenvalue weighted by Gasteiger charge is -2.32. The van der Waals surface area contributed by atoms with Crippen LogP contribution in [-0.4, -0.2) is 28.7 Å². The van der Waals surface area contributed by atoms with Crippen LogP contribution in [0.2, 0.25) is 0 Å². The van der Waals surface area contributed by atoms with Gasteiger partial charge in [-0.15, -0.1) is 0 Å². The van der Waals surface area contributed by atoms with E-state index in [2.05, 4.69) is 0 Å². The molecule has 0 spiro atoms. The Morgan fingerprint density at radius 2 is 2.24 bits per heavy atom. The number of aromatic carboxylic acids is 1. The zero-order valence-electron chi connectivity index (χ0n) is 11.4. The second-order valence-corrected chi connectivity index (χ2v) is 5.67. The van der Waals surface area contributed by atoms with E-state index in [4.69, 9.17) is 9.47 Å². The molecule has 0 aliphatic carbocycles. The third-order valence-electron chi connectivity index (χ3n) is 4.16. The van der Waals surface area contributed by atoms with Crippen molar-refractivity contribution in [1.82, 2.24) is 0 Å². The number of carbonyl (C=O) groups excluding carboxylic acids is 1. The molecule has 1 aromatic carbocycles. The van der Waals surface area contributed by atoms with E-state index >= 15 is 0 Å². The fraction of sp³-hybridized carbons (Fsp3) is 0.500. The van der Waals surface area contributed by atoms with E-state index in [-0.39, 0.29) is 29.2 Å². The quantitative estimate of drug-likeness (QED) is 0.607. The van der Waals surface area contributed by atoms with Crippen molar-refractivity contribution in [2.75, 3.05) is 0 Å². The van der Waals surface area contributed by atoms with Crippen molar-refractivity contribution in [3.05, 3.63) is 33.9 Å². The smallest absolute Gasteiger partial charge is 0.310 e. The highest BCUT2D eigenvalue weighted by atomic mass is 16.6. The van der Waals surface area contributed by atoms with Crippen LogP contribution in [0.15, 0.2) is 18.2 Å². The van der Waals surface area contributed by atoms with Gasteiger partial charge in [0.25, 0.3) is 0 Å². The minimum atomic E-state index is -1.40. The zero-order valence-corrected chi connectivity index (χ0v) is 11.4. The number of fused-ring (bicyclic) bond motifs is 2. The van der Waals surface area contributed by atoms with Gasteiger partial charge in [0.05, 0.1) is 23.1 Å². The van der Waals surface area contributed by atoms with Gasteiger partial charge in [-0.3, -0.25) is 10.1 Å². The second-order valence-electron chi connectivity index (χ2n) is 5.67. The van der Waals surface area contributed by atoms with E-state index in [1.54, 1.807) is 0 Å². The SMILES string of the molecule is CC1(Oc2cc(C(=O)[O-])ccc2[N+](=O)[O-])CC2CCC1O2. The van der Waals surface area contributed by atoms with Gasteiger partial charge >= 0.3 is 5.69 Å². The largest absolute Gasteiger partial charge is 0.545 e. The molecule has 2 aliphatic heterocycles. The summed E-state index contributed by atoms with van der Waals surface area (Å²) < 4.78 is 11.5. The summed E-state index contributed by atoms with van der Waals surface area (Å²) in [6.45, 7) is 1.84. The Labute approximate surface area is 120 Å². The van der Waals surface area contributed by atoms with Crippen LogP contribution in [0.4, 0.5) is 5.69 Å². The standard InChI is InChI=1S/C14H15NO6/c1-14(7-9-3-5-12(14)20-9)21-11-6-8(13(16)17)2-4-10(11)15(18)19/h2,4,6,9,12H,3,5,7H2,1H3,(H,16,17)/p-1. The van der Waals surface area contributed by atoms with Crippen molar-refractivity contribution in [2.45, 2.75) is 44.0 Å². The van der Waals surface area contributed by atoms with Crippen LogP contribution in [0.25, 0.3) is 0 Å². The molecule has 3 rings (SSSR count). The molecule has 0 saturated carbocycles. The van der Waals surface area contributed by atoms with Gasteiger partial charge in [-0.05, 0) is 31.9 Å².